The van der Waals surface area contributed by atoms with Gasteiger partial charge in [-0.3, -0.25) is 0 Å². The van der Waals surface area contributed by atoms with Gasteiger partial charge in [0.2, 0.25) is 0 Å². The summed E-state index contributed by atoms with van der Waals surface area (Å²) in [6.07, 6.45) is 9.45. The summed E-state index contributed by atoms with van der Waals surface area (Å²) in [5.74, 6) is 0.947. The molecule has 1 saturated heterocycles. The molecule has 0 radical (unpaired) electrons. The minimum Gasteiger partial charge on any atom is -0.364 e. The van der Waals surface area contributed by atoms with E-state index in [0.29, 0.717) is 12.6 Å². The smallest absolute Gasteiger partial charge is 0.191 e. The molecule has 2 N–H and O–H groups in total. The molecule has 3 rings (SSSR count). The highest BCUT2D eigenvalue weighted by atomic mass is 15.2. The molecule has 1 aromatic rings. The lowest BCUT2D eigenvalue weighted by atomic mass is 10.0. The zero-order valence-corrected chi connectivity index (χ0v) is 17.7. The fourth-order valence-corrected chi connectivity index (χ4v) is 3.87. The molecule has 154 valence electrons. The van der Waals surface area contributed by atoms with Gasteiger partial charge in [0.05, 0.1) is 6.54 Å². The number of anilines is 1. The van der Waals surface area contributed by atoms with Crippen molar-refractivity contribution >= 4 is 11.6 Å². The van der Waals surface area contributed by atoms with Crippen LogP contribution in [0.25, 0.3) is 0 Å². The normalized spacial score (nSPS) is 18.6. The maximum absolute atomic E-state index is 4.83. The third-order valence-electron chi connectivity index (χ3n) is 5.64. The Morgan fingerprint density at radius 1 is 1.07 bits per heavy atom. The summed E-state index contributed by atoms with van der Waals surface area (Å²) in [7, 11) is 0. The number of hydrogen-bond donors (Lipinski definition) is 2. The van der Waals surface area contributed by atoms with E-state index in [4.69, 9.17) is 4.99 Å². The Morgan fingerprint density at radius 2 is 1.79 bits per heavy atom. The Bertz CT molecular complexity index is 621. The van der Waals surface area contributed by atoms with Gasteiger partial charge in [-0.1, -0.05) is 37.6 Å². The number of unbranched alkanes of at least 4 members (excludes halogenated alkanes) is 1. The number of piperidine rings is 1. The number of guanidine groups is 1. The second-order valence-corrected chi connectivity index (χ2v) is 7.85. The van der Waals surface area contributed by atoms with Crippen molar-refractivity contribution in [2.75, 3.05) is 44.2 Å². The fraction of sp³-hybridized carbons (Fsp3) is 0.609. The maximum Gasteiger partial charge on any atom is 0.191 e. The van der Waals surface area contributed by atoms with Crippen LogP contribution < -0.4 is 15.5 Å². The number of hydrogen-bond acceptors (Lipinski definition) is 3. The number of nitrogens with zero attached hydrogens (tertiary/aromatic N) is 3. The van der Waals surface area contributed by atoms with Crippen LogP contribution in [0.2, 0.25) is 0 Å². The first-order valence-electron chi connectivity index (χ1n) is 11.0. The van der Waals surface area contributed by atoms with Gasteiger partial charge in [-0.25, -0.2) is 4.99 Å². The first-order valence-corrected chi connectivity index (χ1v) is 11.0. The van der Waals surface area contributed by atoms with Crippen molar-refractivity contribution in [2.24, 2.45) is 4.99 Å². The predicted molar refractivity (Wildman–Crippen MR) is 120 cm³/mol. The molecule has 0 atom stereocenters. The van der Waals surface area contributed by atoms with Gasteiger partial charge in [0.25, 0.3) is 0 Å². The molecular formula is C23H37N5. The summed E-state index contributed by atoms with van der Waals surface area (Å²) < 4.78 is 0. The number of likely N-dealkylation sites (tertiary alicyclic amines) is 1. The lowest BCUT2D eigenvalue weighted by Crippen LogP contribution is -2.48. The summed E-state index contributed by atoms with van der Waals surface area (Å²) in [5, 5.41) is 7.07. The summed E-state index contributed by atoms with van der Waals surface area (Å²) in [6, 6.07) is 9.36. The van der Waals surface area contributed by atoms with Gasteiger partial charge in [-0.05, 0) is 50.4 Å². The van der Waals surface area contributed by atoms with Crippen molar-refractivity contribution in [2.45, 2.75) is 52.1 Å². The van der Waals surface area contributed by atoms with Crippen molar-refractivity contribution in [3.63, 3.8) is 0 Å². The second kappa shape index (κ2) is 11.1. The summed E-state index contributed by atoms with van der Waals surface area (Å²) in [6.45, 7) is 11.7. The lowest BCUT2D eigenvalue weighted by Gasteiger charge is -2.33. The summed E-state index contributed by atoms with van der Waals surface area (Å²) >= 11 is 0. The maximum atomic E-state index is 4.83. The molecule has 1 fully saturated rings. The van der Waals surface area contributed by atoms with Crippen LogP contribution in [0.5, 0.6) is 0 Å². The highest BCUT2D eigenvalue weighted by Crippen LogP contribution is 2.18. The first kappa shape index (κ1) is 20.7. The van der Waals surface area contributed by atoms with Crippen LogP contribution in [-0.4, -0.2) is 56.2 Å². The zero-order chi connectivity index (χ0) is 19.6. The van der Waals surface area contributed by atoms with Crippen LogP contribution in [0.4, 0.5) is 5.69 Å². The zero-order valence-electron chi connectivity index (χ0n) is 17.7. The fourth-order valence-electron chi connectivity index (χ4n) is 3.87. The van der Waals surface area contributed by atoms with Crippen molar-refractivity contribution in [1.29, 1.82) is 0 Å². The third kappa shape index (κ3) is 6.26. The van der Waals surface area contributed by atoms with Gasteiger partial charge in [0.1, 0.15) is 0 Å². The van der Waals surface area contributed by atoms with E-state index in [1.807, 2.05) is 0 Å². The molecule has 0 bridgehead atoms. The van der Waals surface area contributed by atoms with E-state index in [-0.39, 0.29) is 0 Å². The minimum absolute atomic E-state index is 0.528. The average molecular weight is 384 g/mol. The van der Waals surface area contributed by atoms with Crippen LogP contribution in [0, 0.1) is 0 Å². The minimum atomic E-state index is 0.528. The Kier molecular flexibility index (Phi) is 8.22. The Balaban J connectivity index is 1.48. The van der Waals surface area contributed by atoms with Gasteiger partial charge in [-0.15, -0.1) is 0 Å². The molecule has 5 nitrogen and oxygen atoms in total. The Morgan fingerprint density at radius 3 is 2.43 bits per heavy atom. The largest absolute Gasteiger partial charge is 0.364 e. The number of rotatable bonds is 8. The number of nitrogens with one attached hydrogen (secondary N) is 2. The van der Waals surface area contributed by atoms with E-state index in [2.05, 4.69) is 70.7 Å². The Labute approximate surface area is 170 Å². The molecule has 0 saturated carbocycles. The number of aliphatic imine (C=N–C) groups is 1. The van der Waals surface area contributed by atoms with Crippen LogP contribution in [0.1, 0.15) is 45.1 Å². The molecule has 0 unspecified atom stereocenters. The standard InChI is InChI=1S/C23H37N5/c1-3-5-14-27-17-12-21(13-18-27)26-23(24-4-2)25-19-20-8-10-22(11-9-20)28-15-6-7-16-28/h6-11,21H,3-5,12-19H2,1-2H3,(H2,24,25,26). The van der Waals surface area contributed by atoms with Crippen molar-refractivity contribution < 1.29 is 0 Å². The summed E-state index contributed by atoms with van der Waals surface area (Å²) in [5.41, 5.74) is 2.54. The molecule has 28 heavy (non-hydrogen) atoms. The van der Waals surface area contributed by atoms with E-state index in [1.54, 1.807) is 0 Å². The molecular weight excluding hydrogens is 346 g/mol. The molecule has 2 aliphatic rings. The molecule has 0 amide bonds. The average Bonchev–Trinajstić information content (AvgIpc) is 3.27. The quantitative estimate of drug-likeness (QED) is 0.410. The van der Waals surface area contributed by atoms with E-state index in [1.165, 1.54) is 56.6 Å². The van der Waals surface area contributed by atoms with Gasteiger partial charge in [0, 0.05) is 44.5 Å². The topological polar surface area (TPSA) is 42.9 Å². The molecule has 0 aliphatic carbocycles. The molecule has 1 aromatic carbocycles. The van der Waals surface area contributed by atoms with E-state index < -0.39 is 0 Å². The van der Waals surface area contributed by atoms with E-state index in [9.17, 15) is 0 Å². The van der Waals surface area contributed by atoms with Crippen LogP contribution in [-0.2, 0) is 6.54 Å². The van der Waals surface area contributed by atoms with Crippen LogP contribution >= 0.6 is 0 Å². The molecule has 0 spiro atoms. The highest BCUT2D eigenvalue weighted by molar-refractivity contribution is 5.80. The monoisotopic (exact) mass is 383 g/mol. The molecule has 0 aromatic heterocycles. The molecule has 2 heterocycles. The van der Waals surface area contributed by atoms with Crippen molar-refractivity contribution in [1.82, 2.24) is 15.5 Å². The van der Waals surface area contributed by atoms with Crippen molar-refractivity contribution in [3.05, 3.63) is 42.0 Å². The first-order chi connectivity index (χ1) is 13.8. The SMILES string of the molecule is CCCCN1CCC(NC(=NCc2ccc(N3CC=CC3)cc2)NCC)CC1. The van der Waals surface area contributed by atoms with Gasteiger partial charge in [-0.2, -0.15) is 0 Å². The lowest BCUT2D eigenvalue weighted by molar-refractivity contribution is 0.203. The second-order valence-electron chi connectivity index (χ2n) is 7.85. The Hall–Kier alpha value is -2.01. The van der Waals surface area contributed by atoms with Crippen LogP contribution in [0.3, 0.4) is 0 Å². The summed E-state index contributed by atoms with van der Waals surface area (Å²) in [4.78, 5) is 9.80. The van der Waals surface area contributed by atoms with E-state index in [0.717, 1.165) is 25.6 Å². The molecule has 5 heteroatoms. The van der Waals surface area contributed by atoms with Gasteiger partial charge >= 0.3 is 0 Å². The number of benzene rings is 1. The predicted octanol–water partition coefficient (Wildman–Crippen LogP) is 3.38. The van der Waals surface area contributed by atoms with E-state index >= 15 is 0 Å². The third-order valence-corrected chi connectivity index (χ3v) is 5.64. The van der Waals surface area contributed by atoms with Crippen LogP contribution in [0.15, 0.2) is 41.4 Å². The van der Waals surface area contributed by atoms with Crippen molar-refractivity contribution in [3.8, 4) is 0 Å². The van der Waals surface area contributed by atoms with Gasteiger partial charge < -0.3 is 20.4 Å². The molecule has 2 aliphatic heterocycles. The highest BCUT2D eigenvalue weighted by Gasteiger charge is 2.19. The van der Waals surface area contributed by atoms with Gasteiger partial charge in [0.15, 0.2) is 5.96 Å².